The van der Waals surface area contributed by atoms with Crippen LogP contribution in [0, 0.1) is 18.7 Å². The van der Waals surface area contributed by atoms with Gasteiger partial charge in [-0.2, -0.15) is 4.36 Å². The van der Waals surface area contributed by atoms with Gasteiger partial charge in [0.2, 0.25) is 0 Å². The number of fused-ring (bicyclic) bond motifs is 1. The second kappa shape index (κ2) is 10.4. The fraction of sp³-hybridized carbons (Fsp3) is 0.464. The highest BCUT2D eigenvalue weighted by molar-refractivity contribution is 7.92. The molecule has 1 saturated carbocycles. The molecule has 7 nitrogen and oxygen atoms in total. The molecule has 37 heavy (non-hydrogen) atoms. The van der Waals surface area contributed by atoms with Crippen molar-refractivity contribution in [3.05, 3.63) is 59.3 Å². The number of halogens is 1. The molecule has 0 atom stereocenters. The molecular formula is C28H34FN3O4S. The Labute approximate surface area is 218 Å². The largest absolute Gasteiger partial charge is 0.490 e. The molecule has 2 aromatic carbocycles. The van der Waals surface area contributed by atoms with Crippen LogP contribution in [-0.4, -0.2) is 44.4 Å². The van der Waals surface area contributed by atoms with Gasteiger partial charge in [-0.1, -0.05) is 6.07 Å². The monoisotopic (exact) mass is 527 g/mol. The minimum Gasteiger partial charge on any atom is -0.490 e. The van der Waals surface area contributed by atoms with Gasteiger partial charge in [-0.3, -0.25) is 4.79 Å². The number of hydrogen-bond acceptors (Lipinski definition) is 7. The number of nitrogens with zero attached hydrogens (tertiary/aromatic N) is 3. The molecule has 1 aliphatic rings. The number of ether oxygens (including phenoxy) is 2. The number of aromatic nitrogens is 2. The zero-order valence-electron chi connectivity index (χ0n) is 22.2. The molecule has 0 saturated heterocycles. The number of carbonyl (C=O) groups excluding carboxylic acids is 1. The molecule has 0 amide bonds. The third kappa shape index (κ3) is 7.25. The molecule has 1 aliphatic carbocycles. The van der Waals surface area contributed by atoms with Crippen molar-refractivity contribution in [2.45, 2.75) is 65.1 Å². The Balaban J connectivity index is 1.51. The zero-order valence-corrected chi connectivity index (χ0v) is 23.0. The van der Waals surface area contributed by atoms with Gasteiger partial charge in [0.25, 0.3) is 0 Å². The van der Waals surface area contributed by atoms with Crippen molar-refractivity contribution in [2.24, 2.45) is 10.3 Å². The number of benzene rings is 2. The maximum atomic E-state index is 14.2. The summed E-state index contributed by atoms with van der Waals surface area (Å²) in [5.41, 5.74) is 3.35. The molecular weight excluding hydrogens is 493 g/mol. The average molecular weight is 528 g/mol. The van der Waals surface area contributed by atoms with Gasteiger partial charge < -0.3 is 9.47 Å². The first-order valence-electron chi connectivity index (χ1n) is 12.3. The number of hydrogen-bond donors (Lipinski definition) is 0. The second-order valence-electron chi connectivity index (χ2n) is 11.0. The molecule has 0 unspecified atom stereocenters. The highest BCUT2D eigenvalue weighted by atomic mass is 32.2. The molecule has 1 fully saturated rings. The van der Waals surface area contributed by atoms with Crippen molar-refractivity contribution in [2.75, 3.05) is 12.5 Å². The van der Waals surface area contributed by atoms with E-state index < -0.39 is 15.3 Å². The minimum atomic E-state index is -2.30. The van der Waals surface area contributed by atoms with Crippen LogP contribution in [0.25, 0.3) is 10.9 Å². The molecule has 1 aromatic heterocycles. The quantitative estimate of drug-likeness (QED) is 0.355. The van der Waals surface area contributed by atoms with Crippen LogP contribution in [0.4, 0.5) is 10.1 Å². The fourth-order valence-electron chi connectivity index (χ4n) is 4.59. The van der Waals surface area contributed by atoms with Crippen LogP contribution in [0.2, 0.25) is 0 Å². The standard InChI is InChI=1S/C28H34FN3O4S/c1-17-9-21(32-37(5,6)34)15-24-27(17)23(30-16-31-24)13-19-7-8-20(29)14-25(19)35-22-10-18(11-22)12-26(33)36-28(2,3)4/h7-9,14-16,18,22H,10-13H2,1-6H3. The minimum absolute atomic E-state index is 0.0843. The van der Waals surface area contributed by atoms with Crippen LogP contribution in [0.3, 0.4) is 0 Å². The second-order valence-corrected chi connectivity index (χ2v) is 13.6. The van der Waals surface area contributed by atoms with Crippen LogP contribution >= 0.6 is 0 Å². The number of rotatable bonds is 7. The van der Waals surface area contributed by atoms with E-state index in [0.29, 0.717) is 29.8 Å². The molecule has 0 bridgehead atoms. The van der Waals surface area contributed by atoms with Gasteiger partial charge in [-0.25, -0.2) is 18.6 Å². The van der Waals surface area contributed by atoms with E-state index in [1.54, 1.807) is 24.6 Å². The van der Waals surface area contributed by atoms with Crippen molar-refractivity contribution in [3.63, 3.8) is 0 Å². The molecule has 0 N–H and O–H groups in total. The van der Waals surface area contributed by atoms with E-state index in [1.807, 2.05) is 33.8 Å². The van der Waals surface area contributed by atoms with Crippen molar-refractivity contribution < 1.29 is 22.9 Å². The molecule has 0 spiro atoms. The zero-order chi connectivity index (χ0) is 27.0. The lowest BCUT2D eigenvalue weighted by Crippen LogP contribution is -2.36. The van der Waals surface area contributed by atoms with Crippen molar-refractivity contribution >= 4 is 32.3 Å². The summed E-state index contributed by atoms with van der Waals surface area (Å²) in [7, 11) is -2.30. The first kappa shape index (κ1) is 27.0. The molecule has 0 radical (unpaired) electrons. The summed E-state index contributed by atoms with van der Waals surface area (Å²) in [5, 5.41) is 0.886. The number of esters is 1. The molecule has 0 aliphatic heterocycles. The Morgan fingerprint density at radius 3 is 2.57 bits per heavy atom. The van der Waals surface area contributed by atoms with Crippen molar-refractivity contribution in [3.8, 4) is 5.75 Å². The third-order valence-electron chi connectivity index (χ3n) is 6.07. The summed E-state index contributed by atoms with van der Waals surface area (Å²) in [6.45, 7) is 7.51. The smallest absolute Gasteiger partial charge is 0.306 e. The Kier molecular flexibility index (Phi) is 7.55. The van der Waals surface area contributed by atoms with Gasteiger partial charge in [0.1, 0.15) is 23.5 Å². The van der Waals surface area contributed by atoms with E-state index >= 15 is 0 Å². The van der Waals surface area contributed by atoms with Gasteiger partial charge in [0.15, 0.2) is 0 Å². The van der Waals surface area contributed by atoms with Crippen LogP contribution in [0.5, 0.6) is 5.75 Å². The van der Waals surface area contributed by atoms with Crippen LogP contribution in [0.15, 0.2) is 41.0 Å². The van der Waals surface area contributed by atoms with Gasteiger partial charge in [-0.05, 0) is 70.2 Å². The average Bonchev–Trinajstić information content (AvgIpc) is 2.71. The number of carbonyl (C=O) groups is 1. The van der Waals surface area contributed by atoms with E-state index in [0.717, 1.165) is 35.0 Å². The summed E-state index contributed by atoms with van der Waals surface area (Å²) >= 11 is 0. The van der Waals surface area contributed by atoms with Crippen LogP contribution < -0.4 is 4.74 Å². The normalized spacial score (nSPS) is 17.8. The molecule has 1 heterocycles. The highest BCUT2D eigenvalue weighted by Crippen LogP contribution is 2.36. The van der Waals surface area contributed by atoms with E-state index in [1.165, 1.54) is 18.5 Å². The van der Waals surface area contributed by atoms with E-state index in [2.05, 4.69) is 14.3 Å². The first-order chi connectivity index (χ1) is 17.3. The lowest BCUT2D eigenvalue weighted by molar-refractivity contribution is -0.157. The Morgan fingerprint density at radius 2 is 1.89 bits per heavy atom. The molecule has 4 rings (SSSR count). The number of aryl methyl sites for hydroxylation is 1. The summed E-state index contributed by atoms with van der Waals surface area (Å²) in [6.07, 6.45) is 6.82. The topological polar surface area (TPSA) is 90.7 Å². The van der Waals surface area contributed by atoms with Gasteiger partial charge in [0.05, 0.1) is 23.0 Å². The van der Waals surface area contributed by atoms with E-state index in [9.17, 15) is 13.4 Å². The summed E-state index contributed by atoms with van der Waals surface area (Å²) in [5.74, 6) is 0.102. The van der Waals surface area contributed by atoms with Crippen LogP contribution in [-0.2, 0) is 25.7 Å². The van der Waals surface area contributed by atoms with Crippen molar-refractivity contribution in [1.29, 1.82) is 0 Å². The molecule has 198 valence electrons. The first-order valence-corrected chi connectivity index (χ1v) is 14.7. The van der Waals surface area contributed by atoms with Gasteiger partial charge in [0, 0.05) is 52.1 Å². The van der Waals surface area contributed by atoms with Gasteiger partial charge in [-0.15, -0.1) is 0 Å². The predicted octanol–water partition coefficient (Wildman–Crippen LogP) is 5.92. The predicted molar refractivity (Wildman–Crippen MR) is 143 cm³/mol. The molecule has 3 aromatic rings. The van der Waals surface area contributed by atoms with Crippen LogP contribution in [0.1, 0.15) is 56.9 Å². The molecule has 9 heteroatoms. The van der Waals surface area contributed by atoms with E-state index in [4.69, 9.17) is 9.47 Å². The van der Waals surface area contributed by atoms with Gasteiger partial charge >= 0.3 is 5.97 Å². The Bertz CT molecular complexity index is 1440. The maximum Gasteiger partial charge on any atom is 0.306 e. The Hall–Kier alpha value is -3.07. The summed E-state index contributed by atoms with van der Waals surface area (Å²) < 4.78 is 42.2. The maximum absolute atomic E-state index is 14.2. The SMILES string of the molecule is Cc1cc(N=S(C)(C)=O)cc2ncnc(Cc3ccc(F)cc3OC3CC(CC(=O)OC(C)(C)C)C3)c12. The highest BCUT2D eigenvalue weighted by Gasteiger charge is 2.34. The van der Waals surface area contributed by atoms with Crippen molar-refractivity contribution in [1.82, 2.24) is 9.97 Å². The Morgan fingerprint density at radius 1 is 1.16 bits per heavy atom. The van der Waals surface area contributed by atoms with E-state index in [-0.39, 0.29) is 23.8 Å². The fourth-order valence-corrected chi connectivity index (χ4v) is 5.21. The third-order valence-corrected chi connectivity index (χ3v) is 6.72. The summed E-state index contributed by atoms with van der Waals surface area (Å²) in [6, 6.07) is 8.23. The lowest BCUT2D eigenvalue weighted by atomic mass is 9.80. The summed E-state index contributed by atoms with van der Waals surface area (Å²) in [4.78, 5) is 21.0. The lowest BCUT2D eigenvalue weighted by Gasteiger charge is -2.35.